The number of nitrogens with one attached hydrogen (secondary N) is 1. The molecule has 3 heteroatoms. The summed E-state index contributed by atoms with van der Waals surface area (Å²) in [5, 5.41) is 3.56. The minimum atomic E-state index is 0.0715. The first-order chi connectivity index (χ1) is 9.87. The van der Waals surface area contributed by atoms with E-state index in [1.54, 1.807) is 7.11 Å². The Morgan fingerprint density at radius 1 is 1.19 bits per heavy atom. The van der Waals surface area contributed by atoms with E-state index in [-0.39, 0.29) is 11.6 Å². The summed E-state index contributed by atoms with van der Waals surface area (Å²) in [6, 6.07) is 4.62. The molecule has 1 N–H and O–H groups in total. The van der Waals surface area contributed by atoms with Crippen LogP contribution in [0.25, 0.3) is 0 Å². The Morgan fingerprint density at radius 3 is 2.14 bits per heavy atom. The average molecular weight is 292 g/mol. The lowest BCUT2D eigenvalue weighted by molar-refractivity contribution is 0.0902. The van der Waals surface area contributed by atoms with E-state index in [9.17, 15) is 0 Å². The summed E-state index contributed by atoms with van der Waals surface area (Å²) >= 11 is 0. The third-order valence-electron chi connectivity index (χ3n) is 4.94. The van der Waals surface area contributed by atoms with Crippen LogP contribution < -0.4 is 10.1 Å². The summed E-state index contributed by atoms with van der Waals surface area (Å²) in [5.74, 6) is 0.986. The van der Waals surface area contributed by atoms with E-state index in [1.165, 1.54) is 16.7 Å². The molecule has 0 spiro atoms. The fraction of sp³-hybridized carbons (Fsp3) is 0.667. The normalized spacial score (nSPS) is 13.6. The van der Waals surface area contributed by atoms with Crippen LogP contribution >= 0.6 is 0 Å². The van der Waals surface area contributed by atoms with Crippen LogP contribution in [0.15, 0.2) is 12.1 Å². The third-order valence-corrected chi connectivity index (χ3v) is 4.94. The van der Waals surface area contributed by atoms with Gasteiger partial charge in [0, 0.05) is 11.1 Å². The fourth-order valence-electron chi connectivity index (χ4n) is 3.71. The Hall–Kier alpha value is -1.06. The molecule has 1 unspecified atom stereocenters. The van der Waals surface area contributed by atoms with E-state index in [4.69, 9.17) is 4.74 Å². The van der Waals surface area contributed by atoms with Gasteiger partial charge >= 0.3 is 0 Å². The Bertz CT molecular complexity index is 465. The van der Waals surface area contributed by atoms with Gasteiger partial charge in [-0.1, -0.05) is 19.9 Å². The first kappa shape index (κ1) is 18.0. The van der Waals surface area contributed by atoms with Gasteiger partial charge in [-0.25, -0.2) is 0 Å². The molecule has 0 amide bonds. The largest absolute Gasteiger partial charge is 0.496 e. The van der Waals surface area contributed by atoms with Crippen LogP contribution in [0.5, 0.6) is 5.75 Å². The molecule has 0 saturated carbocycles. The van der Waals surface area contributed by atoms with E-state index in [1.807, 2.05) is 7.05 Å². The standard InChI is InChI=1S/C18H32N2O/c1-9-18(10-2,20(6)7)17(19-5)16-14(4)11-13(3)12-15(16)21-8/h11-12,17,19H,9-10H2,1-8H3. The third kappa shape index (κ3) is 3.24. The molecule has 1 atom stereocenters. The van der Waals surface area contributed by atoms with Crippen LogP contribution in [0, 0.1) is 13.8 Å². The molecule has 21 heavy (non-hydrogen) atoms. The van der Waals surface area contributed by atoms with Crippen molar-refractivity contribution in [2.24, 2.45) is 0 Å². The lowest BCUT2D eigenvalue weighted by Gasteiger charge is -2.46. The molecule has 0 aliphatic heterocycles. The number of methoxy groups -OCH3 is 1. The van der Waals surface area contributed by atoms with E-state index in [2.05, 4.69) is 64.1 Å². The number of hydrogen-bond acceptors (Lipinski definition) is 3. The molecule has 3 nitrogen and oxygen atoms in total. The summed E-state index contributed by atoms with van der Waals surface area (Å²) in [7, 11) is 8.16. The van der Waals surface area contributed by atoms with Crippen LogP contribution in [-0.4, -0.2) is 38.7 Å². The topological polar surface area (TPSA) is 24.5 Å². The van der Waals surface area contributed by atoms with Crippen molar-refractivity contribution < 1.29 is 4.74 Å². The lowest BCUT2D eigenvalue weighted by Crippen LogP contribution is -2.52. The van der Waals surface area contributed by atoms with Gasteiger partial charge in [0.1, 0.15) is 5.75 Å². The molecule has 1 aromatic rings. The van der Waals surface area contributed by atoms with E-state index >= 15 is 0 Å². The first-order valence-corrected chi connectivity index (χ1v) is 7.87. The molecule has 0 fully saturated rings. The highest BCUT2D eigenvalue weighted by Crippen LogP contribution is 2.41. The second-order valence-electron chi connectivity index (χ2n) is 6.12. The van der Waals surface area contributed by atoms with Crippen molar-refractivity contribution in [1.82, 2.24) is 10.2 Å². The molecule has 0 saturated heterocycles. The zero-order valence-corrected chi connectivity index (χ0v) is 15.0. The molecule has 0 heterocycles. The predicted octanol–water partition coefficient (Wildman–Crippen LogP) is 3.69. The van der Waals surface area contributed by atoms with Gasteiger partial charge in [0.2, 0.25) is 0 Å². The van der Waals surface area contributed by atoms with Crippen molar-refractivity contribution in [3.8, 4) is 5.75 Å². The van der Waals surface area contributed by atoms with Crippen molar-refractivity contribution in [2.75, 3.05) is 28.3 Å². The van der Waals surface area contributed by atoms with Crippen LogP contribution in [0.1, 0.15) is 49.4 Å². The van der Waals surface area contributed by atoms with Crippen molar-refractivity contribution in [2.45, 2.75) is 52.1 Å². The van der Waals surface area contributed by atoms with E-state index < -0.39 is 0 Å². The summed E-state index contributed by atoms with van der Waals surface area (Å²) < 4.78 is 5.70. The van der Waals surface area contributed by atoms with Crippen molar-refractivity contribution in [3.05, 3.63) is 28.8 Å². The van der Waals surface area contributed by atoms with Gasteiger partial charge in [-0.15, -0.1) is 0 Å². The highest BCUT2D eigenvalue weighted by atomic mass is 16.5. The molecular formula is C18H32N2O. The average Bonchev–Trinajstić information content (AvgIpc) is 2.44. The summed E-state index contributed by atoms with van der Waals surface area (Å²) in [6.07, 6.45) is 2.16. The molecule has 1 aromatic carbocycles. The number of hydrogen-bond donors (Lipinski definition) is 1. The SMILES string of the molecule is CCC(CC)(C(NC)c1c(C)cc(C)cc1OC)N(C)C. The molecule has 0 aliphatic carbocycles. The number of ether oxygens (including phenoxy) is 1. The van der Waals surface area contributed by atoms with Gasteiger partial charge in [0.25, 0.3) is 0 Å². The smallest absolute Gasteiger partial charge is 0.124 e. The van der Waals surface area contributed by atoms with Gasteiger partial charge in [-0.3, -0.25) is 0 Å². The second-order valence-corrected chi connectivity index (χ2v) is 6.12. The van der Waals surface area contributed by atoms with Crippen LogP contribution in [-0.2, 0) is 0 Å². The minimum absolute atomic E-state index is 0.0715. The number of benzene rings is 1. The summed E-state index contributed by atoms with van der Waals surface area (Å²) in [6.45, 7) is 8.83. The minimum Gasteiger partial charge on any atom is -0.496 e. The van der Waals surface area contributed by atoms with E-state index in [0.717, 1.165) is 18.6 Å². The van der Waals surface area contributed by atoms with Crippen LogP contribution in [0.2, 0.25) is 0 Å². The molecule has 0 aliphatic rings. The second kappa shape index (κ2) is 7.28. The highest BCUT2D eigenvalue weighted by molar-refractivity contribution is 5.46. The highest BCUT2D eigenvalue weighted by Gasteiger charge is 2.39. The Kier molecular flexibility index (Phi) is 6.24. The zero-order chi connectivity index (χ0) is 16.2. The first-order valence-electron chi connectivity index (χ1n) is 7.87. The molecular weight excluding hydrogens is 260 g/mol. The molecule has 0 radical (unpaired) electrons. The quantitative estimate of drug-likeness (QED) is 0.829. The van der Waals surface area contributed by atoms with Crippen LogP contribution in [0.4, 0.5) is 0 Å². The lowest BCUT2D eigenvalue weighted by atomic mass is 9.78. The number of aryl methyl sites for hydroxylation is 2. The molecule has 0 aromatic heterocycles. The maximum atomic E-state index is 5.70. The van der Waals surface area contributed by atoms with Crippen molar-refractivity contribution in [1.29, 1.82) is 0 Å². The van der Waals surface area contributed by atoms with Crippen molar-refractivity contribution in [3.63, 3.8) is 0 Å². The molecule has 120 valence electrons. The Labute approximate surface area is 130 Å². The fourth-order valence-corrected chi connectivity index (χ4v) is 3.71. The van der Waals surface area contributed by atoms with Gasteiger partial charge in [-0.05, 0) is 65.0 Å². The monoisotopic (exact) mass is 292 g/mol. The maximum Gasteiger partial charge on any atom is 0.124 e. The number of nitrogens with zero attached hydrogens (tertiary/aromatic N) is 1. The Balaban J connectivity index is 3.52. The predicted molar refractivity (Wildman–Crippen MR) is 91.3 cm³/mol. The molecule has 1 rings (SSSR count). The molecule has 0 bridgehead atoms. The summed E-state index contributed by atoms with van der Waals surface area (Å²) in [5.41, 5.74) is 3.89. The van der Waals surface area contributed by atoms with Gasteiger partial charge < -0.3 is 15.0 Å². The number of likely N-dealkylation sites (N-methyl/N-ethyl adjacent to an activating group) is 2. The maximum absolute atomic E-state index is 5.70. The van der Waals surface area contributed by atoms with Gasteiger partial charge in [0.05, 0.1) is 13.2 Å². The summed E-state index contributed by atoms with van der Waals surface area (Å²) in [4.78, 5) is 2.35. The number of rotatable bonds is 7. The van der Waals surface area contributed by atoms with Crippen LogP contribution in [0.3, 0.4) is 0 Å². The Morgan fingerprint density at radius 2 is 1.76 bits per heavy atom. The zero-order valence-electron chi connectivity index (χ0n) is 15.0. The van der Waals surface area contributed by atoms with Gasteiger partial charge in [0.15, 0.2) is 0 Å². The van der Waals surface area contributed by atoms with E-state index in [0.29, 0.717) is 0 Å². The van der Waals surface area contributed by atoms with Crippen molar-refractivity contribution >= 4 is 0 Å². The van der Waals surface area contributed by atoms with Gasteiger partial charge in [-0.2, -0.15) is 0 Å².